The van der Waals surface area contributed by atoms with Gasteiger partial charge in [0.1, 0.15) is 11.6 Å². The molecule has 1 aromatic rings. The van der Waals surface area contributed by atoms with E-state index in [1.165, 1.54) is 36.9 Å². The molecule has 1 saturated carbocycles. The molecule has 1 atom stereocenters. The SMILES string of the molecule is O=C(O)[C@@H]1CCCN(c2nc(C3CC3)nc3c2CCCC3)C1. The number of aromatic nitrogens is 2. The van der Waals surface area contributed by atoms with Crippen molar-refractivity contribution in [2.24, 2.45) is 5.92 Å². The van der Waals surface area contributed by atoms with Crippen LogP contribution < -0.4 is 4.90 Å². The highest BCUT2D eigenvalue weighted by molar-refractivity contribution is 5.71. The van der Waals surface area contributed by atoms with Crippen LogP contribution >= 0.6 is 0 Å². The Morgan fingerprint density at radius 3 is 2.68 bits per heavy atom. The summed E-state index contributed by atoms with van der Waals surface area (Å²) in [6.45, 7) is 1.53. The minimum atomic E-state index is -0.671. The third-order valence-electron chi connectivity index (χ3n) is 5.19. The van der Waals surface area contributed by atoms with Gasteiger partial charge in [-0.15, -0.1) is 0 Å². The Hall–Kier alpha value is -1.65. The first kappa shape index (κ1) is 14.0. The van der Waals surface area contributed by atoms with Crippen LogP contribution in [0.2, 0.25) is 0 Å². The molecule has 0 aromatic carbocycles. The fourth-order valence-corrected chi connectivity index (χ4v) is 3.75. The highest BCUT2D eigenvalue weighted by atomic mass is 16.4. The van der Waals surface area contributed by atoms with E-state index in [1.807, 2.05) is 0 Å². The molecule has 1 N–H and O–H groups in total. The topological polar surface area (TPSA) is 66.3 Å². The molecule has 3 aliphatic rings. The van der Waals surface area contributed by atoms with Crippen LogP contribution in [0, 0.1) is 5.92 Å². The molecule has 118 valence electrons. The third-order valence-corrected chi connectivity index (χ3v) is 5.19. The largest absolute Gasteiger partial charge is 0.481 e. The highest BCUT2D eigenvalue weighted by Crippen LogP contribution is 2.40. The van der Waals surface area contributed by atoms with E-state index in [1.54, 1.807) is 0 Å². The van der Waals surface area contributed by atoms with Gasteiger partial charge in [0, 0.05) is 30.3 Å². The number of hydrogen-bond donors (Lipinski definition) is 1. The first-order chi connectivity index (χ1) is 10.7. The quantitative estimate of drug-likeness (QED) is 0.929. The molecule has 0 radical (unpaired) electrons. The summed E-state index contributed by atoms with van der Waals surface area (Å²) < 4.78 is 0. The Labute approximate surface area is 130 Å². The predicted octanol–water partition coefficient (Wildman–Crippen LogP) is 2.53. The van der Waals surface area contributed by atoms with Crippen LogP contribution in [0.5, 0.6) is 0 Å². The van der Waals surface area contributed by atoms with Gasteiger partial charge in [0.15, 0.2) is 0 Å². The van der Waals surface area contributed by atoms with Gasteiger partial charge >= 0.3 is 5.97 Å². The fourth-order valence-electron chi connectivity index (χ4n) is 3.75. The maximum absolute atomic E-state index is 11.3. The molecule has 1 aromatic heterocycles. The number of anilines is 1. The molecule has 0 amide bonds. The summed E-state index contributed by atoms with van der Waals surface area (Å²) >= 11 is 0. The molecule has 0 unspecified atom stereocenters. The van der Waals surface area contributed by atoms with Crippen molar-refractivity contribution in [3.8, 4) is 0 Å². The summed E-state index contributed by atoms with van der Waals surface area (Å²) in [6, 6.07) is 0. The molecule has 2 fully saturated rings. The van der Waals surface area contributed by atoms with E-state index in [0.717, 1.165) is 43.9 Å². The van der Waals surface area contributed by atoms with Crippen LogP contribution in [0.1, 0.15) is 61.5 Å². The number of carboxylic acid groups (broad SMARTS) is 1. The average Bonchev–Trinajstić information content (AvgIpc) is 3.39. The normalized spacial score (nSPS) is 24.9. The lowest BCUT2D eigenvalue weighted by Crippen LogP contribution is -2.40. The minimum Gasteiger partial charge on any atom is -0.481 e. The molecule has 5 heteroatoms. The van der Waals surface area contributed by atoms with Crippen molar-refractivity contribution in [1.82, 2.24) is 9.97 Å². The summed E-state index contributed by atoms with van der Waals surface area (Å²) in [4.78, 5) is 23.3. The van der Waals surface area contributed by atoms with Crippen LogP contribution in [0.25, 0.3) is 0 Å². The standard InChI is InChI=1S/C17H23N3O2/c21-17(22)12-4-3-9-20(10-12)16-13-5-1-2-6-14(13)18-15(19-16)11-7-8-11/h11-12H,1-10H2,(H,21,22)/t12-/m1/s1. The Morgan fingerprint density at radius 1 is 1.09 bits per heavy atom. The molecule has 22 heavy (non-hydrogen) atoms. The Kier molecular flexibility index (Phi) is 3.51. The van der Waals surface area contributed by atoms with Crippen molar-refractivity contribution >= 4 is 11.8 Å². The van der Waals surface area contributed by atoms with Gasteiger partial charge in [-0.1, -0.05) is 0 Å². The van der Waals surface area contributed by atoms with Crippen molar-refractivity contribution < 1.29 is 9.90 Å². The van der Waals surface area contributed by atoms with E-state index in [4.69, 9.17) is 9.97 Å². The van der Waals surface area contributed by atoms with Gasteiger partial charge in [-0.05, 0) is 51.4 Å². The van der Waals surface area contributed by atoms with Crippen molar-refractivity contribution in [2.45, 2.75) is 57.3 Å². The molecule has 2 aliphatic carbocycles. The number of aryl methyl sites for hydroxylation is 1. The average molecular weight is 301 g/mol. The van der Waals surface area contributed by atoms with Crippen molar-refractivity contribution in [3.05, 3.63) is 17.1 Å². The Bertz CT molecular complexity index is 598. The smallest absolute Gasteiger partial charge is 0.308 e. The van der Waals surface area contributed by atoms with Crippen LogP contribution in [0.15, 0.2) is 0 Å². The lowest BCUT2D eigenvalue weighted by Gasteiger charge is -2.34. The lowest BCUT2D eigenvalue weighted by molar-refractivity contribution is -0.141. The first-order valence-electron chi connectivity index (χ1n) is 8.60. The van der Waals surface area contributed by atoms with Crippen molar-refractivity contribution in [3.63, 3.8) is 0 Å². The summed E-state index contributed by atoms with van der Waals surface area (Å²) in [5.74, 6) is 1.68. The number of nitrogens with zero attached hydrogens (tertiary/aromatic N) is 3. The second-order valence-corrected chi connectivity index (χ2v) is 6.94. The highest BCUT2D eigenvalue weighted by Gasteiger charge is 2.32. The number of hydrogen-bond acceptors (Lipinski definition) is 4. The Morgan fingerprint density at radius 2 is 1.91 bits per heavy atom. The summed E-state index contributed by atoms with van der Waals surface area (Å²) in [5.41, 5.74) is 2.53. The maximum atomic E-state index is 11.3. The van der Waals surface area contributed by atoms with Crippen LogP contribution in [-0.4, -0.2) is 34.1 Å². The number of carbonyl (C=O) groups is 1. The molecular formula is C17H23N3O2. The second kappa shape index (κ2) is 5.52. The van der Waals surface area contributed by atoms with E-state index >= 15 is 0 Å². The van der Waals surface area contributed by atoms with Gasteiger partial charge in [-0.3, -0.25) is 4.79 Å². The van der Waals surface area contributed by atoms with Crippen molar-refractivity contribution in [2.75, 3.05) is 18.0 Å². The van der Waals surface area contributed by atoms with E-state index in [-0.39, 0.29) is 5.92 Å². The number of aliphatic carboxylic acids is 1. The van der Waals surface area contributed by atoms with E-state index in [9.17, 15) is 9.90 Å². The molecular weight excluding hydrogens is 278 g/mol. The van der Waals surface area contributed by atoms with Gasteiger partial charge in [0.05, 0.1) is 5.92 Å². The minimum absolute atomic E-state index is 0.257. The van der Waals surface area contributed by atoms with Gasteiger partial charge in [-0.25, -0.2) is 9.97 Å². The van der Waals surface area contributed by atoms with E-state index in [0.29, 0.717) is 12.5 Å². The summed E-state index contributed by atoms with van der Waals surface area (Å²) in [5, 5.41) is 9.33. The predicted molar refractivity (Wildman–Crippen MR) is 83.2 cm³/mol. The molecule has 1 saturated heterocycles. The zero-order valence-corrected chi connectivity index (χ0v) is 12.9. The van der Waals surface area contributed by atoms with E-state index < -0.39 is 5.97 Å². The van der Waals surface area contributed by atoms with E-state index in [2.05, 4.69) is 4.90 Å². The zero-order chi connectivity index (χ0) is 15.1. The fraction of sp³-hybridized carbons (Fsp3) is 0.706. The zero-order valence-electron chi connectivity index (χ0n) is 12.9. The number of rotatable bonds is 3. The lowest BCUT2D eigenvalue weighted by atomic mass is 9.93. The van der Waals surface area contributed by atoms with Crippen LogP contribution in [0.3, 0.4) is 0 Å². The number of piperidine rings is 1. The number of fused-ring (bicyclic) bond motifs is 1. The molecule has 2 heterocycles. The Balaban J connectivity index is 1.69. The van der Waals surface area contributed by atoms with Crippen LogP contribution in [-0.2, 0) is 17.6 Å². The molecule has 0 bridgehead atoms. The molecule has 0 spiro atoms. The monoisotopic (exact) mass is 301 g/mol. The second-order valence-electron chi connectivity index (χ2n) is 6.94. The summed E-state index contributed by atoms with van der Waals surface area (Å²) in [6.07, 6.45) is 8.65. The maximum Gasteiger partial charge on any atom is 0.308 e. The van der Waals surface area contributed by atoms with Gasteiger partial charge in [0.2, 0.25) is 0 Å². The van der Waals surface area contributed by atoms with Gasteiger partial charge < -0.3 is 10.0 Å². The first-order valence-corrected chi connectivity index (χ1v) is 8.60. The third kappa shape index (κ3) is 2.57. The molecule has 5 nitrogen and oxygen atoms in total. The molecule has 4 rings (SSSR count). The number of carboxylic acids is 1. The van der Waals surface area contributed by atoms with Gasteiger partial charge in [-0.2, -0.15) is 0 Å². The van der Waals surface area contributed by atoms with Crippen molar-refractivity contribution in [1.29, 1.82) is 0 Å². The van der Waals surface area contributed by atoms with Gasteiger partial charge in [0.25, 0.3) is 0 Å². The van der Waals surface area contributed by atoms with Crippen LogP contribution in [0.4, 0.5) is 5.82 Å². The molecule has 1 aliphatic heterocycles. The summed E-state index contributed by atoms with van der Waals surface area (Å²) in [7, 11) is 0.